The van der Waals surface area contributed by atoms with Crippen molar-refractivity contribution in [1.29, 1.82) is 0 Å². The molecule has 1 atom stereocenters. The number of ether oxygens (including phenoxy) is 1. The van der Waals surface area contributed by atoms with E-state index in [1.54, 1.807) is 19.1 Å². The van der Waals surface area contributed by atoms with E-state index in [2.05, 4.69) is 4.74 Å². The molecular formula is C11H13FO3. The quantitative estimate of drug-likeness (QED) is 0.781. The lowest BCUT2D eigenvalue weighted by Crippen LogP contribution is -2.29. The number of alkyl halides is 1. The highest BCUT2D eigenvalue weighted by Crippen LogP contribution is 2.33. The van der Waals surface area contributed by atoms with Crippen LogP contribution in [0.4, 0.5) is 4.39 Å². The van der Waals surface area contributed by atoms with Gasteiger partial charge in [-0.05, 0) is 19.9 Å². The van der Waals surface area contributed by atoms with Gasteiger partial charge >= 0.3 is 5.97 Å². The molecule has 0 amide bonds. The van der Waals surface area contributed by atoms with E-state index in [1.165, 1.54) is 12.1 Å². The number of para-hydroxylation sites is 1. The highest BCUT2D eigenvalue weighted by atomic mass is 19.1. The Labute approximate surface area is 87.5 Å². The van der Waals surface area contributed by atoms with Crippen molar-refractivity contribution in [2.75, 3.05) is 6.61 Å². The highest BCUT2D eigenvalue weighted by Gasteiger charge is 2.38. The van der Waals surface area contributed by atoms with E-state index >= 15 is 0 Å². The van der Waals surface area contributed by atoms with Crippen molar-refractivity contribution in [3.05, 3.63) is 29.8 Å². The van der Waals surface area contributed by atoms with Crippen molar-refractivity contribution in [2.24, 2.45) is 0 Å². The number of hydrogen-bond donors (Lipinski definition) is 1. The van der Waals surface area contributed by atoms with Gasteiger partial charge in [-0.15, -0.1) is 0 Å². The van der Waals surface area contributed by atoms with Crippen LogP contribution < -0.4 is 0 Å². The normalized spacial score (nSPS) is 14.3. The Bertz CT molecular complexity index is 361. The van der Waals surface area contributed by atoms with Crippen molar-refractivity contribution in [1.82, 2.24) is 0 Å². The molecular weight excluding hydrogens is 199 g/mol. The molecule has 1 aromatic rings. The second-order valence-electron chi connectivity index (χ2n) is 3.24. The first kappa shape index (κ1) is 11.5. The molecule has 0 saturated heterocycles. The molecule has 0 aromatic heterocycles. The van der Waals surface area contributed by atoms with Crippen LogP contribution in [0, 0.1) is 0 Å². The van der Waals surface area contributed by atoms with Crippen LogP contribution in [0.3, 0.4) is 0 Å². The average Bonchev–Trinajstić information content (AvgIpc) is 2.18. The van der Waals surface area contributed by atoms with Crippen molar-refractivity contribution in [3.8, 4) is 5.75 Å². The summed E-state index contributed by atoms with van der Waals surface area (Å²) >= 11 is 0. The molecule has 0 heterocycles. The Kier molecular flexibility index (Phi) is 3.29. The molecule has 0 aliphatic rings. The fourth-order valence-corrected chi connectivity index (χ4v) is 1.25. The number of benzene rings is 1. The van der Waals surface area contributed by atoms with E-state index in [-0.39, 0.29) is 17.9 Å². The monoisotopic (exact) mass is 212 g/mol. The Morgan fingerprint density at radius 3 is 2.67 bits per heavy atom. The molecule has 0 bridgehead atoms. The van der Waals surface area contributed by atoms with Gasteiger partial charge in [-0.1, -0.05) is 18.2 Å². The number of phenolic OH excluding ortho intramolecular Hbond substituents is 1. The minimum atomic E-state index is -2.32. The standard InChI is InChI=1S/C11H13FO3/c1-3-15-10(14)11(2,12)8-6-4-5-7-9(8)13/h4-7,13H,3H2,1-2H3. The number of hydrogen-bond acceptors (Lipinski definition) is 3. The average molecular weight is 212 g/mol. The summed E-state index contributed by atoms with van der Waals surface area (Å²) in [6.45, 7) is 2.77. The molecule has 82 valence electrons. The second kappa shape index (κ2) is 4.29. The Hall–Kier alpha value is -1.58. The molecule has 0 fully saturated rings. The maximum atomic E-state index is 14.0. The number of phenols is 1. The zero-order valence-corrected chi connectivity index (χ0v) is 8.66. The van der Waals surface area contributed by atoms with Crippen LogP contribution in [0.25, 0.3) is 0 Å². The number of esters is 1. The van der Waals surface area contributed by atoms with Gasteiger partial charge in [0.2, 0.25) is 5.67 Å². The molecule has 0 spiro atoms. The van der Waals surface area contributed by atoms with Crippen LogP contribution in [-0.4, -0.2) is 17.7 Å². The van der Waals surface area contributed by atoms with Crippen molar-refractivity contribution in [2.45, 2.75) is 19.5 Å². The maximum Gasteiger partial charge on any atom is 0.348 e. The van der Waals surface area contributed by atoms with Gasteiger partial charge in [-0.3, -0.25) is 0 Å². The van der Waals surface area contributed by atoms with Crippen molar-refractivity contribution < 1.29 is 19.0 Å². The molecule has 0 aliphatic carbocycles. The molecule has 1 unspecified atom stereocenters. The molecule has 1 rings (SSSR count). The van der Waals surface area contributed by atoms with Gasteiger partial charge in [0, 0.05) is 5.56 Å². The van der Waals surface area contributed by atoms with E-state index in [9.17, 15) is 14.3 Å². The topological polar surface area (TPSA) is 46.5 Å². The van der Waals surface area contributed by atoms with Crippen LogP contribution in [0.15, 0.2) is 24.3 Å². The van der Waals surface area contributed by atoms with Crippen LogP contribution in [-0.2, 0) is 15.2 Å². The van der Waals surface area contributed by atoms with Crippen LogP contribution in [0.2, 0.25) is 0 Å². The summed E-state index contributed by atoms with van der Waals surface area (Å²) in [6, 6.07) is 5.78. The first-order chi connectivity index (χ1) is 7.00. The van der Waals surface area contributed by atoms with Crippen LogP contribution >= 0.6 is 0 Å². The number of halogens is 1. The van der Waals surface area contributed by atoms with Gasteiger partial charge < -0.3 is 9.84 Å². The predicted octanol–water partition coefficient (Wildman–Crippen LogP) is 2.14. The smallest absolute Gasteiger partial charge is 0.348 e. The summed E-state index contributed by atoms with van der Waals surface area (Å²) in [7, 11) is 0. The van der Waals surface area contributed by atoms with Gasteiger partial charge in [-0.2, -0.15) is 0 Å². The molecule has 15 heavy (non-hydrogen) atoms. The maximum absolute atomic E-state index is 14.0. The Balaban J connectivity index is 3.05. The number of aromatic hydroxyl groups is 1. The number of carbonyl (C=O) groups excluding carboxylic acids is 1. The summed E-state index contributed by atoms with van der Waals surface area (Å²) in [5.74, 6) is -1.25. The lowest BCUT2D eigenvalue weighted by atomic mass is 9.97. The van der Waals surface area contributed by atoms with Gasteiger partial charge in [-0.25, -0.2) is 9.18 Å². The summed E-state index contributed by atoms with van der Waals surface area (Å²) < 4.78 is 18.6. The fourth-order valence-electron chi connectivity index (χ4n) is 1.25. The summed E-state index contributed by atoms with van der Waals surface area (Å²) in [5, 5.41) is 9.42. The first-order valence-electron chi connectivity index (χ1n) is 4.64. The molecule has 4 heteroatoms. The van der Waals surface area contributed by atoms with Gasteiger partial charge in [0.1, 0.15) is 5.75 Å². The molecule has 0 aliphatic heterocycles. The first-order valence-corrected chi connectivity index (χ1v) is 4.64. The zero-order valence-electron chi connectivity index (χ0n) is 8.66. The fraction of sp³-hybridized carbons (Fsp3) is 0.364. The minimum Gasteiger partial charge on any atom is -0.508 e. The third-order valence-electron chi connectivity index (χ3n) is 2.07. The molecule has 0 radical (unpaired) electrons. The lowest BCUT2D eigenvalue weighted by Gasteiger charge is -2.19. The van der Waals surface area contributed by atoms with E-state index in [0.717, 1.165) is 6.92 Å². The summed E-state index contributed by atoms with van der Waals surface area (Å²) in [6.07, 6.45) is 0. The van der Waals surface area contributed by atoms with Crippen molar-refractivity contribution in [3.63, 3.8) is 0 Å². The molecule has 1 aromatic carbocycles. The SMILES string of the molecule is CCOC(=O)C(C)(F)c1ccccc1O. The van der Waals surface area contributed by atoms with Crippen molar-refractivity contribution >= 4 is 5.97 Å². The van der Waals surface area contributed by atoms with E-state index in [4.69, 9.17) is 0 Å². The largest absolute Gasteiger partial charge is 0.508 e. The Morgan fingerprint density at radius 2 is 2.13 bits per heavy atom. The van der Waals surface area contributed by atoms with E-state index in [1.807, 2.05) is 0 Å². The number of rotatable bonds is 3. The Morgan fingerprint density at radius 1 is 1.53 bits per heavy atom. The predicted molar refractivity (Wildman–Crippen MR) is 53.2 cm³/mol. The molecule has 1 N–H and O–H groups in total. The van der Waals surface area contributed by atoms with Crippen LogP contribution in [0.1, 0.15) is 19.4 Å². The zero-order chi connectivity index (χ0) is 11.5. The van der Waals surface area contributed by atoms with Gasteiger partial charge in [0.05, 0.1) is 6.61 Å². The minimum absolute atomic E-state index is 0.0801. The molecule has 3 nitrogen and oxygen atoms in total. The van der Waals surface area contributed by atoms with E-state index in [0.29, 0.717) is 0 Å². The highest BCUT2D eigenvalue weighted by molar-refractivity contribution is 5.81. The van der Waals surface area contributed by atoms with E-state index < -0.39 is 11.6 Å². The van der Waals surface area contributed by atoms with Gasteiger partial charge in [0.25, 0.3) is 0 Å². The number of carbonyl (C=O) groups is 1. The second-order valence-corrected chi connectivity index (χ2v) is 3.24. The lowest BCUT2D eigenvalue weighted by molar-refractivity contribution is -0.157. The molecule has 0 saturated carbocycles. The third kappa shape index (κ3) is 2.26. The van der Waals surface area contributed by atoms with Crippen LogP contribution in [0.5, 0.6) is 5.75 Å². The summed E-state index contributed by atoms with van der Waals surface area (Å²) in [4.78, 5) is 11.3. The third-order valence-corrected chi connectivity index (χ3v) is 2.07. The summed E-state index contributed by atoms with van der Waals surface area (Å²) in [5.41, 5.74) is -2.40. The van der Waals surface area contributed by atoms with Gasteiger partial charge in [0.15, 0.2) is 0 Å².